The molecule has 1 fully saturated rings. The maximum atomic E-state index is 10.8. The van der Waals surface area contributed by atoms with Crippen LogP contribution >= 0.6 is 0 Å². The molecule has 0 N–H and O–H groups in total. The molecule has 0 saturated carbocycles. The van der Waals surface area contributed by atoms with Gasteiger partial charge >= 0.3 is 0 Å². The average Bonchev–Trinajstić information content (AvgIpc) is 2.78. The van der Waals surface area contributed by atoms with E-state index < -0.39 is 0 Å². The summed E-state index contributed by atoms with van der Waals surface area (Å²) in [5.41, 5.74) is 0. The number of hydrogen-bond acceptors (Lipinski definition) is 5. The molecule has 0 aliphatic carbocycles. The largest absolute Gasteiger partial charge is 0.303 e. The van der Waals surface area contributed by atoms with Gasteiger partial charge in [0.15, 0.2) is 5.82 Å². The molecule has 1 aromatic heterocycles. The zero-order chi connectivity index (χ0) is 12.1. The molecule has 2 rings (SSSR count). The molecule has 0 amide bonds. The molecule has 1 aromatic rings. The van der Waals surface area contributed by atoms with E-state index in [2.05, 4.69) is 27.3 Å². The van der Waals surface area contributed by atoms with Crippen molar-refractivity contribution in [3.05, 3.63) is 5.82 Å². The van der Waals surface area contributed by atoms with Gasteiger partial charge in [-0.2, -0.15) is 0 Å². The highest BCUT2D eigenvalue weighted by Crippen LogP contribution is 2.16. The molecule has 94 valence electrons. The van der Waals surface area contributed by atoms with Crippen molar-refractivity contribution in [2.45, 2.75) is 39.3 Å². The Morgan fingerprint density at radius 1 is 1.53 bits per heavy atom. The lowest BCUT2D eigenvalue weighted by Crippen LogP contribution is -2.36. The number of carbonyl (C=O) groups is 1. The highest BCUT2D eigenvalue weighted by molar-refractivity contribution is 5.53. The molecule has 1 saturated heterocycles. The summed E-state index contributed by atoms with van der Waals surface area (Å²) >= 11 is 0. The standard InChI is InChI=1S/C11H19N5O/c1-2-5-16-11(12-13-14-16)8-15-6-3-4-10(7-15)9-17/h9-10H,2-8H2,1H3. The summed E-state index contributed by atoms with van der Waals surface area (Å²) in [5, 5.41) is 11.7. The van der Waals surface area contributed by atoms with Gasteiger partial charge in [-0.05, 0) is 36.2 Å². The Morgan fingerprint density at radius 2 is 2.41 bits per heavy atom. The summed E-state index contributed by atoms with van der Waals surface area (Å²) in [6, 6.07) is 0. The lowest BCUT2D eigenvalue weighted by Gasteiger charge is -2.29. The van der Waals surface area contributed by atoms with Crippen LogP contribution in [0.2, 0.25) is 0 Å². The van der Waals surface area contributed by atoms with E-state index >= 15 is 0 Å². The Labute approximate surface area is 101 Å². The van der Waals surface area contributed by atoms with Gasteiger partial charge in [-0.15, -0.1) is 5.10 Å². The first-order valence-corrected chi connectivity index (χ1v) is 6.26. The predicted octanol–water partition coefficient (Wildman–Crippen LogP) is 0.494. The van der Waals surface area contributed by atoms with Crippen LogP contribution in [0.5, 0.6) is 0 Å². The maximum Gasteiger partial charge on any atom is 0.165 e. The normalized spacial score (nSPS) is 21.6. The molecule has 6 heteroatoms. The van der Waals surface area contributed by atoms with Crippen LogP contribution in [0.4, 0.5) is 0 Å². The SMILES string of the molecule is CCCn1nnnc1CN1CCCC(C=O)C1. The Bertz CT molecular complexity index is 364. The molecule has 1 aliphatic rings. The molecule has 17 heavy (non-hydrogen) atoms. The number of piperidine rings is 1. The predicted molar refractivity (Wildman–Crippen MR) is 62.2 cm³/mol. The van der Waals surface area contributed by atoms with Gasteiger partial charge in [-0.1, -0.05) is 6.92 Å². The van der Waals surface area contributed by atoms with Crippen LogP contribution < -0.4 is 0 Å². The van der Waals surface area contributed by atoms with Gasteiger partial charge in [0.05, 0.1) is 6.54 Å². The van der Waals surface area contributed by atoms with E-state index in [1.165, 1.54) is 0 Å². The third-order valence-corrected chi connectivity index (χ3v) is 3.14. The van der Waals surface area contributed by atoms with Crippen LogP contribution in [-0.2, 0) is 17.9 Å². The Kier molecular flexibility index (Phi) is 4.19. The highest BCUT2D eigenvalue weighted by Gasteiger charge is 2.20. The average molecular weight is 237 g/mol. The van der Waals surface area contributed by atoms with E-state index in [0.29, 0.717) is 0 Å². The van der Waals surface area contributed by atoms with Gasteiger partial charge < -0.3 is 4.79 Å². The van der Waals surface area contributed by atoms with Gasteiger partial charge in [-0.3, -0.25) is 4.90 Å². The molecule has 0 spiro atoms. The van der Waals surface area contributed by atoms with Gasteiger partial charge in [0.1, 0.15) is 6.29 Å². The fourth-order valence-corrected chi connectivity index (χ4v) is 2.27. The number of tetrazole rings is 1. The highest BCUT2D eigenvalue weighted by atomic mass is 16.1. The summed E-state index contributed by atoms with van der Waals surface area (Å²) in [5.74, 6) is 1.08. The quantitative estimate of drug-likeness (QED) is 0.697. The van der Waals surface area contributed by atoms with Gasteiger partial charge in [-0.25, -0.2) is 4.68 Å². The minimum atomic E-state index is 0.180. The van der Waals surface area contributed by atoms with Crippen molar-refractivity contribution in [1.29, 1.82) is 0 Å². The fourth-order valence-electron chi connectivity index (χ4n) is 2.27. The van der Waals surface area contributed by atoms with Gasteiger partial charge in [0, 0.05) is 19.0 Å². The van der Waals surface area contributed by atoms with E-state index in [9.17, 15) is 4.79 Å². The molecular formula is C11H19N5O. The van der Waals surface area contributed by atoms with Crippen LogP contribution in [0.1, 0.15) is 32.0 Å². The molecule has 2 heterocycles. The zero-order valence-corrected chi connectivity index (χ0v) is 10.2. The second-order valence-corrected chi connectivity index (χ2v) is 4.59. The van der Waals surface area contributed by atoms with E-state index in [0.717, 1.165) is 57.6 Å². The molecule has 1 atom stereocenters. The second-order valence-electron chi connectivity index (χ2n) is 4.59. The van der Waals surface area contributed by atoms with Crippen molar-refractivity contribution < 1.29 is 4.79 Å². The van der Waals surface area contributed by atoms with Crippen molar-refractivity contribution in [3.63, 3.8) is 0 Å². The molecule has 1 unspecified atom stereocenters. The summed E-state index contributed by atoms with van der Waals surface area (Å²) in [6.45, 7) is 5.57. The third kappa shape index (κ3) is 3.09. The van der Waals surface area contributed by atoms with Gasteiger partial charge in [0.25, 0.3) is 0 Å². The number of aryl methyl sites for hydroxylation is 1. The van der Waals surface area contributed by atoms with Crippen LogP contribution in [0.15, 0.2) is 0 Å². The van der Waals surface area contributed by atoms with Gasteiger partial charge in [0.2, 0.25) is 0 Å². The summed E-state index contributed by atoms with van der Waals surface area (Å²) in [6.07, 6.45) is 4.19. The van der Waals surface area contributed by atoms with E-state index in [4.69, 9.17) is 0 Å². The first-order chi connectivity index (χ1) is 8.33. The number of rotatable bonds is 5. The first-order valence-electron chi connectivity index (χ1n) is 6.26. The zero-order valence-electron chi connectivity index (χ0n) is 10.2. The van der Waals surface area contributed by atoms with Crippen molar-refractivity contribution >= 4 is 6.29 Å². The van der Waals surface area contributed by atoms with Crippen molar-refractivity contribution in [2.75, 3.05) is 13.1 Å². The Balaban J connectivity index is 1.95. The van der Waals surface area contributed by atoms with Crippen molar-refractivity contribution in [1.82, 2.24) is 25.1 Å². The smallest absolute Gasteiger partial charge is 0.165 e. The minimum absolute atomic E-state index is 0.180. The fraction of sp³-hybridized carbons (Fsp3) is 0.818. The monoisotopic (exact) mass is 237 g/mol. The number of hydrogen-bond donors (Lipinski definition) is 0. The van der Waals surface area contributed by atoms with Crippen LogP contribution in [-0.4, -0.2) is 44.5 Å². The molecule has 6 nitrogen and oxygen atoms in total. The number of aromatic nitrogens is 4. The van der Waals surface area contributed by atoms with Crippen molar-refractivity contribution in [2.24, 2.45) is 5.92 Å². The number of likely N-dealkylation sites (tertiary alicyclic amines) is 1. The molecule has 1 aliphatic heterocycles. The minimum Gasteiger partial charge on any atom is -0.303 e. The Hall–Kier alpha value is -1.30. The third-order valence-electron chi connectivity index (χ3n) is 3.14. The first kappa shape index (κ1) is 12.2. The number of nitrogens with zero attached hydrogens (tertiary/aromatic N) is 5. The number of aldehydes is 1. The van der Waals surface area contributed by atoms with E-state index in [1.54, 1.807) is 0 Å². The van der Waals surface area contributed by atoms with E-state index in [-0.39, 0.29) is 5.92 Å². The summed E-state index contributed by atoms with van der Waals surface area (Å²) < 4.78 is 1.85. The maximum absolute atomic E-state index is 10.8. The van der Waals surface area contributed by atoms with Crippen molar-refractivity contribution in [3.8, 4) is 0 Å². The number of carbonyl (C=O) groups excluding carboxylic acids is 1. The lowest BCUT2D eigenvalue weighted by atomic mass is 10.00. The lowest BCUT2D eigenvalue weighted by molar-refractivity contribution is -0.112. The van der Waals surface area contributed by atoms with Crippen LogP contribution in [0.3, 0.4) is 0 Å². The van der Waals surface area contributed by atoms with Crippen LogP contribution in [0.25, 0.3) is 0 Å². The second kappa shape index (κ2) is 5.86. The Morgan fingerprint density at radius 3 is 3.18 bits per heavy atom. The summed E-state index contributed by atoms with van der Waals surface area (Å²) in [7, 11) is 0. The molecule has 0 bridgehead atoms. The van der Waals surface area contributed by atoms with E-state index in [1.807, 2.05) is 4.68 Å². The van der Waals surface area contributed by atoms with Crippen LogP contribution in [0, 0.1) is 5.92 Å². The molecule has 0 aromatic carbocycles. The molecule has 0 radical (unpaired) electrons. The molecular weight excluding hydrogens is 218 g/mol. The summed E-state index contributed by atoms with van der Waals surface area (Å²) in [4.78, 5) is 13.1. The topological polar surface area (TPSA) is 63.9 Å².